The third-order valence-corrected chi connectivity index (χ3v) is 3.22. The van der Waals surface area contributed by atoms with Crippen molar-refractivity contribution in [2.75, 3.05) is 13.7 Å². The summed E-state index contributed by atoms with van der Waals surface area (Å²) in [4.78, 5) is 3.82. The van der Waals surface area contributed by atoms with Gasteiger partial charge in [-0.05, 0) is 12.1 Å². The van der Waals surface area contributed by atoms with Gasteiger partial charge in [0.05, 0.1) is 0 Å². The van der Waals surface area contributed by atoms with E-state index in [2.05, 4.69) is 10.1 Å². The van der Waals surface area contributed by atoms with Crippen LogP contribution in [-0.2, 0) is 26.5 Å². The molecule has 0 bridgehead atoms. The molecule has 0 N–H and O–H groups in total. The lowest BCUT2D eigenvalue weighted by Gasteiger charge is -2.28. The first kappa shape index (κ1) is 14.1. The number of ether oxygens (including phenoxy) is 3. The monoisotopic (exact) mass is 297 g/mol. The van der Waals surface area contributed by atoms with Crippen molar-refractivity contribution < 1.29 is 23.0 Å². The zero-order valence-corrected chi connectivity index (χ0v) is 11.2. The molecular formula is C13H13F2N3O3. The Labute approximate surface area is 119 Å². The zero-order valence-electron chi connectivity index (χ0n) is 11.2. The molecule has 0 saturated carbocycles. The first-order chi connectivity index (χ1) is 10.1. The zero-order chi connectivity index (χ0) is 14.9. The van der Waals surface area contributed by atoms with Crippen LogP contribution >= 0.6 is 0 Å². The number of halogens is 2. The molecule has 1 aromatic heterocycles. The van der Waals surface area contributed by atoms with Gasteiger partial charge in [-0.15, -0.1) is 0 Å². The van der Waals surface area contributed by atoms with Crippen LogP contribution in [-0.4, -0.2) is 34.8 Å². The molecule has 3 rings (SSSR count). The van der Waals surface area contributed by atoms with Crippen molar-refractivity contribution >= 4 is 0 Å². The summed E-state index contributed by atoms with van der Waals surface area (Å²) in [5.41, 5.74) is 0.0824. The van der Waals surface area contributed by atoms with Crippen molar-refractivity contribution in [3.05, 3.63) is 48.1 Å². The van der Waals surface area contributed by atoms with Gasteiger partial charge >= 0.3 is 0 Å². The lowest BCUT2D eigenvalue weighted by atomic mass is 10.0. The van der Waals surface area contributed by atoms with Gasteiger partial charge < -0.3 is 14.2 Å². The molecule has 1 saturated heterocycles. The normalized spacial score (nSPS) is 25.4. The Morgan fingerprint density at radius 1 is 1.48 bits per heavy atom. The molecular weight excluding hydrogens is 284 g/mol. The molecule has 6 nitrogen and oxygen atoms in total. The van der Waals surface area contributed by atoms with E-state index < -0.39 is 23.7 Å². The van der Waals surface area contributed by atoms with Crippen LogP contribution in [0.4, 0.5) is 8.78 Å². The van der Waals surface area contributed by atoms with Crippen LogP contribution in [0.25, 0.3) is 0 Å². The van der Waals surface area contributed by atoms with E-state index in [-0.39, 0.29) is 18.7 Å². The average molecular weight is 297 g/mol. The van der Waals surface area contributed by atoms with Crippen LogP contribution in [0.2, 0.25) is 0 Å². The molecule has 2 atom stereocenters. The highest BCUT2D eigenvalue weighted by Crippen LogP contribution is 2.37. The number of hydrogen-bond donors (Lipinski definition) is 0. The minimum atomic E-state index is -1.44. The Kier molecular flexibility index (Phi) is 3.66. The molecule has 2 unspecified atom stereocenters. The summed E-state index contributed by atoms with van der Waals surface area (Å²) >= 11 is 0. The second kappa shape index (κ2) is 5.47. The highest BCUT2D eigenvalue weighted by molar-refractivity contribution is 5.24. The molecule has 1 aromatic carbocycles. The van der Waals surface area contributed by atoms with Crippen LogP contribution in [0.15, 0.2) is 30.9 Å². The summed E-state index contributed by atoms with van der Waals surface area (Å²) in [5, 5.41) is 3.96. The van der Waals surface area contributed by atoms with E-state index in [0.717, 1.165) is 12.1 Å². The number of benzene rings is 1. The van der Waals surface area contributed by atoms with Gasteiger partial charge in [0.25, 0.3) is 0 Å². The Bertz CT molecular complexity index is 623. The van der Waals surface area contributed by atoms with Crippen LogP contribution in [0, 0.1) is 11.6 Å². The molecule has 0 amide bonds. The summed E-state index contributed by atoms with van der Waals surface area (Å²) < 4.78 is 45.1. The lowest BCUT2D eigenvalue weighted by Crippen LogP contribution is -2.35. The van der Waals surface area contributed by atoms with E-state index in [4.69, 9.17) is 14.2 Å². The minimum Gasteiger partial charge on any atom is -0.353 e. The van der Waals surface area contributed by atoms with E-state index >= 15 is 0 Å². The Hall–Kier alpha value is -1.90. The molecule has 0 radical (unpaired) electrons. The predicted octanol–water partition coefficient (Wildman–Crippen LogP) is 1.43. The second-order valence-electron chi connectivity index (χ2n) is 4.56. The highest BCUT2D eigenvalue weighted by Gasteiger charge is 2.46. The van der Waals surface area contributed by atoms with Gasteiger partial charge in [0.1, 0.15) is 37.4 Å². The number of hydrogen-bond acceptors (Lipinski definition) is 5. The van der Waals surface area contributed by atoms with Crippen molar-refractivity contribution in [3.63, 3.8) is 0 Å². The van der Waals surface area contributed by atoms with E-state index in [1.54, 1.807) is 0 Å². The molecule has 112 valence electrons. The predicted molar refractivity (Wildman–Crippen MR) is 65.9 cm³/mol. The Morgan fingerprint density at radius 3 is 2.95 bits per heavy atom. The molecule has 0 aliphatic carbocycles. The van der Waals surface area contributed by atoms with Crippen LogP contribution in [0.1, 0.15) is 5.56 Å². The first-order valence-corrected chi connectivity index (χ1v) is 6.25. The van der Waals surface area contributed by atoms with Gasteiger partial charge in [0.2, 0.25) is 5.79 Å². The number of rotatable bonds is 4. The third-order valence-electron chi connectivity index (χ3n) is 3.22. The topological polar surface area (TPSA) is 58.4 Å². The van der Waals surface area contributed by atoms with E-state index in [9.17, 15) is 8.78 Å². The van der Waals surface area contributed by atoms with Crippen molar-refractivity contribution in [3.8, 4) is 0 Å². The summed E-state index contributed by atoms with van der Waals surface area (Å²) in [6.45, 7) is 0.192. The molecule has 2 heterocycles. The molecule has 8 heteroatoms. The van der Waals surface area contributed by atoms with Gasteiger partial charge in [-0.2, -0.15) is 5.10 Å². The van der Waals surface area contributed by atoms with Gasteiger partial charge in [0, 0.05) is 18.7 Å². The van der Waals surface area contributed by atoms with Crippen molar-refractivity contribution in [1.82, 2.24) is 14.8 Å². The van der Waals surface area contributed by atoms with Gasteiger partial charge in [-0.25, -0.2) is 18.4 Å². The molecule has 1 aliphatic rings. The second-order valence-corrected chi connectivity index (χ2v) is 4.56. The Balaban J connectivity index is 1.99. The standard InChI is InChI=1S/C13H13F2N3O3/c1-19-12-5-20-13(21-12,6-18-8-16-7-17-18)10-3-2-9(14)4-11(10)15/h2-4,7-8,12H,5-6H2,1H3. The SMILES string of the molecule is COC1COC(Cn2cncn2)(c2ccc(F)cc2F)O1. The van der Waals surface area contributed by atoms with Gasteiger partial charge in [-0.1, -0.05) is 0 Å². The van der Waals surface area contributed by atoms with Crippen LogP contribution < -0.4 is 0 Å². The highest BCUT2D eigenvalue weighted by atomic mass is 19.1. The van der Waals surface area contributed by atoms with E-state index in [1.807, 2.05) is 0 Å². The minimum absolute atomic E-state index is 0.0649. The van der Waals surface area contributed by atoms with E-state index in [1.165, 1.54) is 30.5 Å². The fourth-order valence-electron chi connectivity index (χ4n) is 2.23. The van der Waals surface area contributed by atoms with Crippen LogP contribution in [0.5, 0.6) is 0 Å². The fourth-order valence-corrected chi connectivity index (χ4v) is 2.23. The fraction of sp³-hybridized carbons (Fsp3) is 0.385. The number of methoxy groups -OCH3 is 1. The molecule has 1 aliphatic heterocycles. The maximum absolute atomic E-state index is 14.1. The lowest BCUT2D eigenvalue weighted by molar-refractivity contribution is -0.222. The summed E-state index contributed by atoms with van der Waals surface area (Å²) in [6.07, 6.45) is 2.16. The maximum atomic E-state index is 14.1. The average Bonchev–Trinajstić information content (AvgIpc) is 3.09. The number of nitrogens with zero attached hydrogens (tertiary/aromatic N) is 3. The van der Waals surface area contributed by atoms with Gasteiger partial charge in [0.15, 0.2) is 6.29 Å². The molecule has 21 heavy (non-hydrogen) atoms. The van der Waals surface area contributed by atoms with Crippen molar-refractivity contribution in [2.24, 2.45) is 0 Å². The first-order valence-electron chi connectivity index (χ1n) is 6.25. The quantitative estimate of drug-likeness (QED) is 0.854. The third kappa shape index (κ3) is 2.65. The van der Waals surface area contributed by atoms with E-state index in [0.29, 0.717) is 0 Å². The Morgan fingerprint density at radius 2 is 2.33 bits per heavy atom. The molecule has 2 aromatic rings. The summed E-state index contributed by atoms with van der Waals surface area (Å²) in [7, 11) is 1.46. The molecule has 0 spiro atoms. The molecule has 1 fully saturated rings. The summed E-state index contributed by atoms with van der Waals surface area (Å²) in [5.74, 6) is -2.87. The smallest absolute Gasteiger partial charge is 0.220 e. The largest absolute Gasteiger partial charge is 0.353 e. The number of aromatic nitrogens is 3. The van der Waals surface area contributed by atoms with Crippen molar-refractivity contribution in [1.29, 1.82) is 0 Å². The van der Waals surface area contributed by atoms with Crippen molar-refractivity contribution in [2.45, 2.75) is 18.6 Å². The maximum Gasteiger partial charge on any atom is 0.220 e. The summed E-state index contributed by atoms with van der Waals surface area (Å²) in [6, 6.07) is 3.22. The van der Waals surface area contributed by atoms with Gasteiger partial charge in [-0.3, -0.25) is 0 Å². The van der Waals surface area contributed by atoms with Crippen LogP contribution in [0.3, 0.4) is 0 Å².